The van der Waals surface area contributed by atoms with E-state index in [0.29, 0.717) is 0 Å². The van der Waals surface area contributed by atoms with Gasteiger partial charge in [0.15, 0.2) is 0 Å². The first-order valence-corrected chi connectivity index (χ1v) is 4.05. The Bertz CT molecular complexity index is 164. The quantitative estimate of drug-likeness (QED) is 0.596. The smallest absolute Gasteiger partial charge is 0.249 e. The highest BCUT2D eigenvalue weighted by Gasteiger charge is 2.08. The zero-order valence-electron chi connectivity index (χ0n) is 5.54. The van der Waals surface area contributed by atoms with Crippen molar-refractivity contribution in [2.75, 3.05) is 19.9 Å². The predicted molar refractivity (Wildman–Crippen MR) is 32.5 cm³/mol. The summed E-state index contributed by atoms with van der Waals surface area (Å²) in [5, 5.41) is 0. The van der Waals surface area contributed by atoms with Gasteiger partial charge in [0.05, 0.1) is 13.2 Å². The SMILES string of the molecule is CCOS(=O)(=O)OCCF. The molecule has 0 aliphatic carbocycles. The van der Waals surface area contributed by atoms with Gasteiger partial charge < -0.3 is 0 Å². The minimum absolute atomic E-state index is 0.00534. The molecule has 0 aliphatic heterocycles. The molecule has 0 aromatic rings. The first kappa shape index (κ1) is 9.80. The third-order valence-corrected chi connectivity index (χ3v) is 1.55. The third-order valence-electron chi connectivity index (χ3n) is 0.567. The van der Waals surface area contributed by atoms with Crippen LogP contribution in [0.1, 0.15) is 6.92 Å². The molecule has 0 bridgehead atoms. The van der Waals surface area contributed by atoms with E-state index in [0.717, 1.165) is 0 Å². The van der Waals surface area contributed by atoms with Crippen LogP contribution < -0.4 is 0 Å². The molecule has 10 heavy (non-hydrogen) atoms. The van der Waals surface area contributed by atoms with Crippen LogP contribution in [0.3, 0.4) is 0 Å². The predicted octanol–water partition coefficient (Wildman–Crippen LogP) is 0.254. The molecule has 62 valence electrons. The van der Waals surface area contributed by atoms with Crippen molar-refractivity contribution in [2.24, 2.45) is 0 Å². The average Bonchev–Trinajstić information content (AvgIpc) is 1.84. The summed E-state index contributed by atoms with van der Waals surface area (Å²) in [7, 11) is -3.93. The van der Waals surface area contributed by atoms with Crippen molar-refractivity contribution >= 4 is 10.4 Å². The van der Waals surface area contributed by atoms with Crippen LogP contribution in [-0.4, -0.2) is 28.3 Å². The van der Waals surface area contributed by atoms with Gasteiger partial charge in [0.25, 0.3) is 0 Å². The molecular weight excluding hydrogens is 163 g/mol. The highest BCUT2D eigenvalue weighted by atomic mass is 32.3. The second-order valence-corrected chi connectivity index (χ2v) is 2.61. The molecule has 0 aromatic heterocycles. The molecular formula is C4H9FO4S. The maximum atomic E-state index is 11.3. The lowest BCUT2D eigenvalue weighted by Crippen LogP contribution is -2.11. The Labute approximate surface area is 59.3 Å². The van der Waals surface area contributed by atoms with Crippen LogP contribution in [0.2, 0.25) is 0 Å². The zero-order valence-corrected chi connectivity index (χ0v) is 6.36. The first-order valence-electron chi connectivity index (χ1n) is 2.72. The summed E-state index contributed by atoms with van der Waals surface area (Å²) < 4.78 is 40.2. The maximum absolute atomic E-state index is 11.3. The highest BCUT2D eigenvalue weighted by Crippen LogP contribution is 1.94. The van der Waals surface area contributed by atoms with Crippen molar-refractivity contribution < 1.29 is 21.2 Å². The summed E-state index contributed by atoms with van der Waals surface area (Å²) in [5.41, 5.74) is 0. The lowest BCUT2D eigenvalue weighted by Gasteiger charge is -2.00. The Morgan fingerprint density at radius 3 is 2.40 bits per heavy atom. The highest BCUT2D eigenvalue weighted by molar-refractivity contribution is 7.81. The summed E-state index contributed by atoms with van der Waals surface area (Å²) in [6.45, 7) is 0.166. The molecule has 0 aromatic carbocycles. The fraction of sp³-hybridized carbons (Fsp3) is 1.00. The van der Waals surface area contributed by atoms with Crippen LogP contribution in [0.4, 0.5) is 4.39 Å². The zero-order chi connectivity index (χ0) is 8.04. The van der Waals surface area contributed by atoms with Crippen LogP contribution in [0.15, 0.2) is 0 Å². The van der Waals surface area contributed by atoms with E-state index in [4.69, 9.17) is 0 Å². The summed E-state index contributed by atoms with van der Waals surface area (Å²) in [6.07, 6.45) is 0. The van der Waals surface area contributed by atoms with E-state index in [9.17, 15) is 12.8 Å². The number of halogens is 1. The van der Waals surface area contributed by atoms with Crippen molar-refractivity contribution in [3.05, 3.63) is 0 Å². The molecule has 0 saturated heterocycles. The topological polar surface area (TPSA) is 52.6 Å². The van der Waals surface area contributed by atoms with E-state index in [1.807, 2.05) is 0 Å². The monoisotopic (exact) mass is 172 g/mol. The molecule has 0 spiro atoms. The lowest BCUT2D eigenvalue weighted by molar-refractivity contribution is 0.207. The molecule has 0 fully saturated rings. The Hall–Kier alpha value is -0.200. The maximum Gasteiger partial charge on any atom is 0.399 e. The van der Waals surface area contributed by atoms with Gasteiger partial charge in [-0.15, -0.1) is 0 Å². The van der Waals surface area contributed by atoms with Gasteiger partial charge in [0.1, 0.15) is 6.67 Å². The number of hydrogen-bond donors (Lipinski definition) is 0. The van der Waals surface area contributed by atoms with Gasteiger partial charge in [-0.25, -0.2) is 12.8 Å². The van der Waals surface area contributed by atoms with Crippen LogP contribution in [0.5, 0.6) is 0 Å². The van der Waals surface area contributed by atoms with Gasteiger partial charge in [-0.1, -0.05) is 0 Å². The molecule has 0 unspecified atom stereocenters. The van der Waals surface area contributed by atoms with Gasteiger partial charge in [0.2, 0.25) is 0 Å². The van der Waals surface area contributed by atoms with Gasteiger partial charge in [-0.05, 0) is 6.92 Å². The Kier molecular flexibility index (Phi) is 4.50. The summed E-state index contributed by atoms with van der Waals surface area (Å²) in [6, 6.07) is 0. The van der Waals surface area contributed by atoms with Crippen molar-refractivity contribution in [2.45, 2.75) is 6.92 Å². The van der Waals surface area contributed by atoms with E-state index in [-0.39, 0.29) is 6.61 Å². The number of hydrogen-bond acceptors (Lipinski definition) is 4. The minimum Gasteiger partial charge on any atom is -0.249 e. The van der Waals surface area contributed by atoms with Gasteiger partial charge in [0, 0.05) is 0 Å². The third kappa shape index (κ3) is 4.66. The van der Waals surface area contributed by atoms with Crippen LogP contribution in [0.25, 0.3) is 0 Å². The molecule has 0 saturated carbocycles. The van der Waals surface area contributed by atoms with Crippen molar-refractivity contribution in [3.63, 3.8) is 0 Å². The molecule has 6 heteroatoms. The van der Waals surface area contributed by atoms with Crippen LogP contribution in [0, 0.1) is 0 Å². The van der Waals surface area contributed by atoms with E-state index in [2.05, 4.69) is 8.37 Å². The first-order chi connectivity index (χ1) is 4.62. The fourth-order valence-corrected chi connectivity index (χ4v) is 0.936. The van der Waals surface area contributed by atoms with Gasteiger partial charge in [-0.2, -0.15) is 8.42 Å². The largest absolute Gasteiger partial charge is 0.399 e. The Morgan fingerprint density at radius 1 is 1.40 bits per heavy atom. The molecule has 0 aliphatic rings. The summed E-state index contributed by atoms with van der Waals surface area (Å²) in [5.74, 6) is 0. The number of rotatable bonds is 5. The normalized spacial score (nSPS) is 11.8. The minimum atomic E-state index is -3.93. The molecule has 0 rings (SSSR count). The van der Waals surface area contributed by atoms with Gasteiger partial charge in [-0.3, -0.25) is 0 Å². The molecule has 0 radical (unpaired) electrons. The molecule has 0 amide bonds. The summed E-state index contributed by atoms with van der Waals surface area (Å²) in [4.78, 5) is 0. The van der Waals surface area contributed by atoms with E-state index in [1.54, 1.807) is 0 Å². The van der Waals surface area contributed by atoms with Crippen LogP contribution >= 0.6 is 0 Å². The molecule has 0 atom stereocenters. The van der Waals surface area contributed by atoms with Crippen LogP contribution in [-0.2, 0) is 18.8 Å². The van der Waals surface area contributed by atoms with Crippen molar-refractivity contribution in [3.8, 4) is 0 Å². The molecule has 0 heterocycles. The lowest BCUT2D eigenvalue weighted by atomic mass is 10.9. The second kappa shape index (κ2) is 4.59. The van der Waals surface area contributed by atoms with Crippen molar-refractivity contribution in [1.82, 2.24) is 0 Å². The van der Waals surface area contributed by atoms with Crippen molar-refractivity contribution in [1.29, 1.82) is 0 Å². The molecule has 4 nitrogen and oxygen atoms in total. The molecule has 0 N–H and O–H groups in total. The Balaban J connectivity index is 3.65. The van der Waals surface area contributed by atoms with E-state index < -0.39 is 23.7 Å². The van der Waals surface area contributed by atoms with Gasteiger partial charge >= 0.3 is 10.4 Å². The fourth-order valence-electron chi connectivity index (χ4n) is 0.312. The van der Waals surface area contributed by atoms with E-state index >= 15 is 0 Å². The standard InChI is InChI=1S/C4H9FO4S/c1-2-8-10(6,7)9-4-3-5/h2-4H2,1H3. The Morgan fingerprint density at radius 2 is 2.00 bits per heavy atom. The number of alkyl halides is 1. The summed E-state index contributed by atoms with van der Waals surface area (Å²) >= 11 is 0. The van der Waals surface area contributed by atoms with E-state index in [1.165, 1.54) is 6.92 Å². The second-order valence-electron chi connectivity index (χ2n) is 1.33. The average molecular weight is 172 g/mol.